The van der Waals surface area contributed by atoms with Crippen LogP contribution in [0.1, 0.15) is 36.0 Å². The van der Waals surface area contributed by atoms with Crippen LogP contribution in [-0.4, -0.2) is 42.8 Å². The highest BCUT2D eigenvalue weighted by Crippen LogP contribution is 2.45. The number of carbonyl (C=O) groups is 2. The molecule has 1 saturated heterocycles. The Kier molecular flexibility index (Phi) is 4.52. The van der Waals surface area contributed by atoms with Crippen molar-refractivity contribution >= 4 is 11.9 Å². The van der Waals surface area contributed by atoms with Crippen molar-refractivity contribution in [3.63, 3.8) is 0 Å². The van der Waals surface area contributed by atoms with E-state index in [0.717, 1.165) is 19.4 Å². The molecule has 1 amide bonds. The number of hydrogen-bond acceptors (Lipinski definition) is 4. The lowest BCUT2D eigenvalue weighted by Gasteiger charge is -2.13. The molecule has 0 spiro atoms. The van der Waals surface area contributed by atoms with Gasteiger partial charge in [-0.05, 0) is 49.9 Å². The van der Waals surface area contributed by atoms with Crippen molar-refractivity contribution in [1.29, 1.82) is 0 Å². The molecule has 23 heavy (non-hydrogen) atoms. The molecule has 6 heteroatoms. The molecule has 1 atom stereocenters. The molecule has 6 nitrogen and oxygen atoms in total. The van der Waals surface area contributed by atoms with Gasteiger partial charge in [0.05, 0.1) is 11.5 Å². The maximum Gasteiger partial charge on any atom is 0.311 e. The number of carboxylic acid groups (broad SMARTS) is 1. The minimum absolute atomic E-state index is 0.156. The summed E-state index contributed by atoms with van der Waals surface area (Å²) in [6.45, 7) is 1.50. The van der Waals surface area contributed by atoms with Crippen LogP contribution < -0.4 is 10.1 Å². The van der Waals surface area contributed by atoms with E-state index in [2.05, 4.69) is 5.32 Å². The molecular formula is C17H21NO5. The lowest BCUT2D eigenvalue weighted by atomic mass is 10.1. The van der Waals surface area contributed by atoms with Crippen LogP contribution in [0.15, 0.2) is 24.3 Å². The average molecular weight is 319 g/mol. The van der Waals surface area contributed by atoms with Crippen LogP contribution in [-0.2, 0) is 9.53 Å². The normalized spacial score (nSPS) is 21.7. The van der Waals surface area contributed by atoms with E-state index in [0.29, 0.717) is 30.8 Å². The van der Waals surface area contributed by atoms with Gasteiger partial charge in [-0.3, -0.25) is 9.59 Å². The molecule has 1 aromatic rings. The summed E-state index contributed by atoms with van der Waals surface area (Å²) in [5, 5.41) is 11.8. The van der Waals surface area contributed by atoms with E-state index in [9.17, 15) is 9.59 Å². The first-order chi connectivity index (χ1) is 11.1. The molecule has 0 bridgehead atoms. The number of aliphatic carboxylic acids is 1. The van der Waals surface area contributed by atoms with Gasteiger partial charge < -0.3 is 19.9 Å². The highest BCUT2D eigenvalue weighted by atomic mass is 16.5. The van der Waals surface area contributed by atoms with Crippen LogP contribution in [0.3, 0.4) is 0 Å². The molecule has 124 valence electrons. The Bertz CT molecular complexity index is 573. The van der Waals surface area contributed by atoms with E-state index in [-0.39, 0.29) is 18.6 Å². The quantitative estimate of drug-likeness (QED) is 0.801. The Labute approximate surface area is 134 Å². The molecular weight excluding hydrogens is 298 g/mol. The lowest BCUT2D eigenvalue weighted by Crippen LogP contribution is -2.34. The molecule has 1 heterocycles. The monoisotopic (exact) mass is 319 g/mol. The molecule has 1 unspecified atom stereocenters. The Morgan fingerprint density at radius 3 is 2.61 bits per heavy atom. The molecule has 2 aliphatic rings. The molecule has 1 aliphatic heterocycles. The van der Waals surface area contributed by atoms with E-state index in [1.807, 2.05) is 0 Å². The first kappa shape index (κ1) is 15.8. The SMILES string of the molecule is O=C(NCC1(C(=O)O)CC1)c1ccc(OCC2CCCO2)cc1. The summed E-state index contributed by atoms with van der Waals surface area (Å²) >= 11 is 0. The van der Waals surface area contributed by atoms with Gasteiger partial charge in [0.25, 0.3) is 5.91 Å². The van der Waals surface area contributed by atoms with Crippen molar-refractivity contribution in [3.8, 4) is 5.75 Å². The molecule has 1 aromatic carbocycles. The topological polar surface area (TPSA) is 84.9 Å². The standard InChI is InChI=1S/C17H21NO5/c19-15(18-11-17(7-8-17)16(20)21)12-3-5-13(6-4-12)23-10-14-2-1-9-22-14/h3-6,14H,1-2,7-11H2,(H,18,19)(H,20,21). The van der Waals surface area contributed by atoms with Crippen LogP contribution in [0.5, 0.6) is 5.75 Å². The number of nitrogens with one attached hydrogen (secondary N) is 1. The third-order valence-corrected chi connectivity index (χ3v) is 4.47. The van der Waals surface area contributed by atoms with Crippen molar-refractivity contribution in [2.45, 2.75) is 31.8 Å². The minimum atomic E-state index is -0.837. The maximum atomic E-state index is 12.1. The second kappa shape index (κ2) is 6.58. The Hall–Kier alpha value is -2.08. The first-order valence-electron chi connectivity index (χ1n) is 7.95. The van der Waals surface area contributed by atoms with E-state index in [1.54, 1.807) is 24.3 Å². The van der Waals surface area contributed by atoms with Crippen LogP contribution in [0.4, 0.5) is 0 Å². The summed E-state index contributed by atoms with van der Waals surface area (Å²) in [5.41, 5.74) is -0.254. The lowest BCUT2D eigenvalue weighted by molar-refractivity contribution is -0.143. The highest BCUT2D eigenvalue weighted by Gasteiger charge is 2.50. The average Bonchev–Trinajstić information content (AvgIpc) is 3.18. The summed E-state index contributed by atoms with van der Waals surface area (Å²) in [7, 11) is 0. The predicted octanol–water partition coefficient (Wildman–Crippen LogP) is 1.84. The van der Waals surface area contributed by atoms with Crippen molar-refractivity contribution in [1.82, 2.24) is 5.32 Å². The second-order valence-corrected chi connectivity index (χ2v) is 6.24. The fourth-order valence-corrected chi connectivity index (χ4v) is 2.64. The van der Waals surface area contributed by atoms with Gasteiger partial charge in [-0.15, -0.1) is 0 Å². The summed E-state index contributed by atoms with van der Waals surface area (Å²) in [4.78, 5) is 23.1. The predicted molar refractivity (Wildman–Crippen MR) is 82.5 cm³/mol. The van der Waals surface area contributed by atoms with Crippen molar-refractivity contribution in [3.05, 3.63) is 29.8 Å². The van der Waals surface area contributed by atoms with Crippen molar-refractivity contribution in [2.75, 3.05) is 19.8 Å². The summed E-state index contributed by atoms with van der Waals surface area (Å²) in [6, 6.07) is 6.85. The van der Waals surface area contributed by atoms with Crippen LogP contribution >= 0.6 is 0 Å². The number of rotatable bonds is 7. The molecule has 3 rings (SSSR count). The highest BCUT2D eigenvalue weighted by molar-refractivity contribution is 5.94. The van der Waals surface area contributed by atoms with Crippen molar-refractivity contribution in [2.24, 2.45) is 5.41 Å². The summed E-state index contributed by atoms with van der Waals surface area (Å²) in [5.74, 6) is -0.403. The van der Waals surface area contributed by atoms with E-state index >= 15 is 0 Å². The maximum absolute atomic E-state index is 12.1. The van der Waals surface area contributed by atoms with Crippen molar-refractivity contribution < 1.29 is 24.2 Å². The fourth-order valence-electron chi connectivity index (χ4n) is 2.64. The van der Waals surface area contributed by atoms with Crippen LogP contribution in [0.2, 0.25) is 0 Å². The van der Waals surface area contributed by atoms with Gasteiger partial charge in [-0.25, -0.2) is 0 Å². The minimum Gasteiger partial charge on any atom is -0.491 e. The third kappa shape index (κ3) is 3.82. The Morgan fingerprint density at radius 1 is 1.30 bits per heavy atom. The van der Waals surface area contributed by atoms with Gasteiger partial charge in [-0.2, -0.15) is 0 Å². The van der Waals surface area contributed by atoms with Gasteiger partial charge in [0.2, 0.25) is 0 Å². The zero-order valence-corrected chi connectivity index (χ0v) is 12.9. The number of carboxylic acids is 1. The zero-order valence-electron chi connectivity index (χ0n) is 12.9. The van der Waals surface area contributed by atoms with Gasteiger partial charge in [-0.1, -0.05) is 0 Å². The molecule has 1 saturated carbocycles. The summed E-state index contributed by atoms with van der Waals surface area (Å²) < 4.78 is 11.1. The number of benzene rings is 1. The zero-order chi connectivity index (χ0) is 16.3. The van der Waals surface area contributed by atoms with Gasteiger partial charge >= 0.3 is 5.97 Å². The largest absolute Gasteiger partial charge is 0.491 e. The molecule has 0 radical (unpaired) electrons. The van der Waals surface area contributed by atoms with Gasteiger partial charge in [0.15, 0.2) is 0 Å². The van der Waals surface area contributed by atoms with Gasteiger partial charge in [0.1, 0.15) is 12.4 Å². The molecule has 1 aliphatic carbocycles. The summed E-state index contributed by atoms with van der Waals surface area (Å²) in [6.07, 6.45) is 3.50. The Balaban J connectivity index is 1.48. The Morgan fingerprint density at radius 2 is 2.04 bits per heavy atom. The third-order valence-electron chi connectivity index (χ3n) is 4.47. The number of hydrogen-bond donors (Lipinski definition) is 2. The number of amides is 1. The molecule has 2 fully saturated rings. The van der Waals surface area contributed by atoms with Gasteiger partial charge in [0, 0.05) is 18.7 Å². The number of carbonyl (C=O) groups excluding carboxylic acids is 1. The smallest absolute Gasteiger partial charge is 0.311 e. The number of ether oxygens (including phenoxy) is 2. The molecule has 2 N–H and O–H groups in total. The van der Waals surface area contributed by atoms with Crippen LogP contribution in [0.25, 0.3) is 0 Å². The first-order valence-corrected chi connectivity index (χ1v) is 7.95. The van der Waals surface area contributed by atoms with Crippen LogP contribution in [0, 0.1) is 5.41 Å². The molecule has 0 aromatic heterocycles. The second-order valence-electron chi connectivity index (χ2n) is 6.24. The fraction of sp³-hybridized carbons (Fsp3) is 0.529. The van der Waals surface area contributed by atoms with E-state index in [1.165, 1.54) is 0 Å². The van der Waals surface area contributed by atoms with E-state index in [4.69, 9.17) is 14.6 Å². The van der Waals surface area contributed by atoms with E-state index < -0.39 is 11.4 Å².